The zero-order valence-electron chi connectivity index (χ0n) is 17.5. The van der Waals surface area contributed by atoms with Crippen molar-refractivity contribution in [2.75, 3.05) is 27.2 Å². The van der Waals surface area contributed by atoms with Crippen LogP contribution in [0.1, 0.15) is 35.8 Å². The molecule has 0 saturated heterocycles. The number of carbonyl (C=O) groups is 1. The second kappa shape index (κ2) is 10.6. The quantitative estimate of drug-likeness (QED) is 0.629. The Morgan fingerprint density at radius 2 is 1.93 bits per heavy atom. The first kappa shape index (κ1) is 24.9. The van der Waals surface area contributed by atoms with Gasteiger partial charge in [-0.1, -0.05) is 24.3 Å². The van der Waals surface area contributed by atoms with Gasteiger partial charge in [0, 0.05) is 31.7 Å². The van der Waals surface area contributed by atoms with Gasteiger partial charge >= 0.3 is 0 Å². The summed E-state index contributed by atoms with van der Waals surface area (Å²) in [6.07, 6.45) is 1.75. The van der Waals surface area contributed by atoms with Crippen molar-refractivity contribution in [3.05, 3.63) is 47.7 Å². The third kappa shape index (κ3) is 5.07. The van der Waals surface area contributed by atoms with Crippen LogP contribution in [0.4, 0.5) is 0 Å². The number of hydrogen-bond donors (Lipinski definition) is 1. The van der Waals surface area contributed by atoms with E-state index in [1.54, 1.807) is 11.1 Å². The maximum atomic E-state index is 13.1. The summed E-state index contributed by atoms with van der Waals surface area (Å²) in [5.41, 5.74) is 4.35. The maximum absolute atomic E-state index is 13.1. The van der Waals surface area contributed by atoms with Gasteiger partial charge in [0.05, 0.1) is 22.8 Å². The molecule has 0 bridgehead atoms. The number of carbonyl (C=O) groups excluding carboxylic acids is 1. The number of likely N-dealkylation sites (N-methyl/N-ethyl adjacent to an activating group) is 2. The number of halogens is 2. The predicted octanol–water partition coefficient (Wildman–Crippen LogP) is 4.12. The summed E-state index contributed by atoms with van der Waals surface area (Å²) in [7, 11) is 3.71. The van der Waals surface area contributed by atoms with E-state index in [2.05, 4.69) is 37.3 Å². The lowest BCUT2D eigenvalue weighted by molar-refractivity contribution is 0.0798. The Balaban J connectivity index is 0.00000210. The molecular formula is C21H29Cl2N5O. The normalized spacial score (nSPS) is 10.6. The molecule has 3 aromatic rings. The van der Waals surface area contributed by atoms with Crippen molar-refractivity contribution in [1.29, 1.82) is 0 Å². The number of hydrogen-bond acceptors (Lipinski definition) is 4. The highest BCUT2D eigenvalue weighted by molar-refractivity contribution is 6.06. The molecule has 29 heavy (non-hydrogen) atoms. The van der Waals surface area contributed by atoms with Crippen molar-refractivity contribution in [3.8, 4) is 11.3 Å². The van der Waals surface area contributed by atoms with E-state index in [0.29, 0.717) is 12.1 Å². The molecule has 0 aliphatic rings. The van der Waals surface area contributed by atoms with E-state index >= 15 is 0 Å². The smallest absolute Gasteiger partial charge is 0.254 e. The van der Waals surface area contributed by atoms with Gasteiger partial charge in [0.2, 0.25) is 0 Å². The molecule has 6 nitrogen and oxygen atoms in total. The number of pyridine rings is 1. The minimum absolute atomic E-state index is 0. The summed E-state index contributed by atoms with van der Waals surface area (Å²) in [5, 5.41) is 8.36. The fraction of sp³-hybridized carbons (Fsp3) is 0.381. The molecule has 0 unspecified atom stereocenters. The van der Waals surface area contributed by atoms with Crippen molar-refractivity contribution in [2.45, 2.75) is 26.8 Å². The van der Waals surface area contributed by atoms with E-state index in [4.69, 9.17) is 4.98 Å². The first-order valence-electron chi connectivity index (χ1n) is 9.28. The summed E-state index contributed by atoms with van der Waals surface area (Å²) in [6.45, 7) is 7.56. The lowest BCUT2D eigenvalue weighted by Gasteiger charge is -2.18. The molecule has 8 heteroatoms. The monoisotopic (exact) mass is 437 g/mol. The van der Waals surface area contributed by atoms with Crippen LogP contribution in [0.25, 0.3) is 22.3 Å². The van der Waals surface area contributed by atoms with Crippen LogP contribution in [0, 0.1) is 6.92 Å². The van der Waals surface area contributed by atoms with Crippen LogP contribution < -0.4 is 5.32 Å². The minimum Gasteiger partial charge on any atom is -0.340 e. The molecule has 0 radical (unpaired) electrons. The molecule has 1 aromatic carbocycles. The van der Waals surface area contributed by atoms with Gasteiger partial charge in [-0.25, -0.2) is 9.67 Å². The Kier molecular flexibility index (Phi) is 9.08. The molecule has 158 valence electrons. The second-order valence-electron chi connectivity index (χ2n) is 7.12. The highest BCUT2D eigenvalue weighted by atomic mass is 35.5. The lowest BCUT2D eigenvalue weighted by atomic mass is 10.0. The molecule has 3 rings (SSSR count). The summed E-state index contributed by atoms with van der Waals surface area (Å²) >= 11 is 0. The van der Waals surface area contributed by atoms with Gasteiger partial charge in [-0.15, -0.1) is 24.8 Å². The van der Waals surface area contributed by atoms with Gasteiger partial charge in [0.15, 0.2) is 5.65 Å². The summed E-state index contributed by atoms with van der Waals surface area (Å²) in [5.74, 6) is -0.0178. The third-order valence-corrected chi connectivity index (χ3v) is 4.75. The number of benzene rings is 1. The summed E-state index contributed by atoms with van der Waals surface area (Å²) in [4.78, 5) is 19.8. The summed E-state index contributed by atoms with van der Waals surface area (Å²) in [6, 6.07) is 10.2. The average molecular weight is 438 g/mol. The van der Waals surface area contributed by atoms with Gasteiger partial charge in [0.1, 0.15) is 0 Å². The van der Waals surface area contributed by atoms with Gasteiger partial charge in [-0.05, 0) is 39.4 Å². The van der Waals surface area contributed by atoms with Gasteiger partial charge in [-0.2, -0.15) is 5.10 Å². The van der Waals surface area contributed by atoms with E-state index in [-0.39, 0.29) is 36.8 Å². The van der Waals surface area contributed by atoms with E-state index in [1.165, 1.54) is 0 Å². The van der Waals surface area contributed by atoms with Crippen molar-refractivity contribution in [3.63, 3.8) is 0 Å². The minimum atomic E-state index is -0.0178. The Morgan fingerprint density at radius 3 is 2.55 bits per heavy atom. The number of nitrogens with one attached hydrogen (secondary N) is 1. The predicted molar refractivity (Wildman–Crippen MR) is 123 cm³/mol. The molecule has 0 aliphatic heterocycles. The Labute approximate surface area is 184 Å². The number of fused-ring (bicyclic) bond motifs is 1. The SMILES string of the molecule is CNCCN(C)C(=O)c1cc(-c2ccccc2C)nc2c1cnn2C(C)C.Cl.Cl. The first-order valence-corrected chi connectivity index (χ1v) is 9.28. The van der Waals surface area contributed by atoms with E-state index in [1.807, 2.05) is 43.0 Å². The van der Waals surface area contributed by atoms with Crippen LogP contribution in [0.3, 0.4) is 0 Å². The fourth-order valence-electron chi connectivity index (χ4n) is 3.16. The van der Waals surface area contributed by atoms with E-state index in [9.17, 15) is 4.79 Å². The van der Waals surface area contributed by atoms with Crippen LogP contribution in [0.5, 0.6) is 0 Å². The molecule has 2 heterocycles. The maximum Gasteiger partial charge on any atom is 0.254 e. The second-order valence-corrected chi connectivity index (χ2v) is 7.12. The lowest BCUT2D eigenvalue weighted by Crippen LogP contribution is -2.33. The van der Waals surface area contributed by atoms with Crippen molar-refractivity contribution in [1.82, 2.24) is 25.0 Å². The number of aromatic nitrogens is 3. The Hall–Kier alpha value is -2.15. The zero-order chi connectivity index (χ0) is 19.6. The topological polar surface area (TPSA) is 63.1 Å². The molecule has 1 N–H and O–H groups in total. The molecule has 0 atom stereocenters. The van der Waals surface area contributed by atoms with Crippen LogP contribution in [0.15, 0.2) is 36.5 Å². The van der Waals surface area contributed by atoms with Gasteiger partial charge in [0.25, 0.3) is 5.91 Å². The molecule has 2 aromatic heterocycles. The number of aryl methyl sites for hydroxylation is 1. The first-order chi connectivity index (χ1) is 12.9. The standard InChI is InChI=1S/C21H27N5O.2ClH/c1-14(2)26-20-18(13-23-26)17(21(27)25(5)11-10-22-4)12-19(24-20)16-9-7-6-8-15(16)3;;/h6-9,12-14,22H,10-11H2,1-5H3;2*1H. The molecule has 0 saturated carbocycles. The molecule has 0 fully saturated rings. The number of amides is 1. The third-order valence-electron chi connectivity index (χ3n) is 4.75. The van der Waals surface area contributed by atoms with Crippen LogP contribution >= 0.6 is 24.8 Å². The molecule has 1 amide bonds. The van der Waals surface area contributed by atoms with Gasteiger partial charge in [-0.3, -0.25) is 4.79 Å². The van der Waals surface area contributed by atoms with E-state index < -0.39 is 0 Å². The van der Waals surface area contributed by atoms with E-state index in [0.717, 1.165) is 34.4 Å². The van der Waals surface area contributed by atoms with Crippen molar-refractivity contribution in [2.24, 2.45) is 0 Å². The van der Waals surface area contributed by atoms with Crippen LogP contribution in [0.2, 0.25) is 0 Å². The molecular weight excluding hydrogens is 409 g/mol. The molecule has 0 aliphatic carbocycles. The highest BCUT2D eigenvalue weighted by Crippen LogP contribution is 2.28. The number of nitrogens with zero attached hydrogens (tertiary/aromatic N) is 4. The van der Waals surface area contributed by atoms with Crippen molar-refractivity contribution < 1.29 is 4.79 Å². The largest absolute Gasteiger partial charge is 0.340 e. The fourth-order valence-corrected chi connectivity index (χ4v) is 3.16. The zero-order valence-corrected chi connectivity index (χ0v) is 19.1. The average Bonchev–Trinajstić information content (AvgIpc) is 3.09. The number of rotatable bonds is 6. The Bertz CT molecular complexity index is 971. The molecule has 0 spiro atoms. The van der Waals surface area contributed by atoms with Crippen LogP contribution in [-0.4, -0.2) is 52.8 Å². The van der Waals surface area contributed by atoms with Gasteiger partial charge < -0.3 is 10.2 Å². The van der Waals surface area contributed by atoms with Crippen LogP contribution in [-0.2, 0) is 0 Å². The van der Waals surface area contributed by atoms with Crippen molar-refractivity contribution >= 4 is 41.8 Å². The Morgan fingerprint density at radius 1 is 1.24 bits per heavy atom. The highest BCUT2D eigenvalue weighted by Gasteiger charge is 2.21. The summed E-state index contributed by atoms with van der Waals surface area (Å²) < 4.78 is 1.88.